The molecular formula is C40H48FN5O5. The van der Waals surface area contributed by atoms with Gasteiger partial charge in [0.25, 0.3) is 5.91 Å². The van der Waals surface area contributed by atoms with Crippen LogP contribution in [0.3, 0.4) is 0 Å². The largest absolute Gasteiger partial charge is 0.444 e. The average molecular weight is 698 g/mol. The maximum atomic E-state index is 15.3. The third-order valence-corrected chi connectivity index (χ3v) is 7.91. The lowest BCUT2D eigenvalue weighted by atomic mass is 10.0. The molecule has 0 radical (unpaired) electrons. The Labute approximate surface area is 299 Å². The molecule has 0 spiro atoms. The summed E-state index contributed by atoms with van der Waals surface area (Å²) in [5.41, 5.74) is 6.50. The summed E-state index contributed by atoms with van der Waals surface area (Å²) in [7, 11) is 0. The van der Waals surface area contributed by atoms with Crippen molar-refractivity contribution in [2.45, 2.75) is 98.4 Å². The molecule has 1 saturated heterocycles. The van der Waals surface area contributed by atoms with Crippen LogP contribution in [0.1, 0.15) is 108 Å². The molecule has 1 saturated carbocycles. The number of rotatable bonds is 8. The Morgan fingerprint density at radius 3 is 2.24 bits per heavy atom. The van der Waals surface area contributed by atoms with Gasteiger partial charge in [0.05, 0.1) is 17.3 Å². The van der Waals surface area contributed by atoms with Gasteiger partial charge in [-0.25, -0.2) is 29.5 Å². The second-order valence-electron chi connectivity index (χ2n) is 12.7. The van der Waals surface area contributed by atoms with Crippen molar-refractivity contribution in [3.8, 4) is 0 Å². The highest BCUT2D eigenvalue weighted by molar-refractivity contribution is 6.70. The minimum atomic E-state index is -0.857. The number of halogens is 1. The summed E-state index contributed by atoms with van der Waals surface area (Å²) in [6.45, 7) is 15.2. The number of amides is 2. The van der Waals surface area contributed by atoms with Crippen LogP contribution < -0.4 is 16.1 Å². The summed E-state index contributed by atoms with van der Waals surface area (Å²) in [6, 6.07) is 18.6. The first-order valence-electron chi connectivity index (χ1n) is 17.6. The van der Waals surface area contributed by atoms with Crippen molar-refractivity contribution in [3.63, 3.8) is 0 Å². The maximum absolute atomic E-state index is 15.3. The number of anilines is 1. The monoisotopic (exact) mass is 697 g/mol. The van der Waals surface area contributed by atoms with Gasteiger partial charge in [0, 0.05) is 17.7 Å². The fourth-order valence-corrected chi connectivity index (χ4v) is 5.39. The van der Waals surface area contributed by atoms with Crippen LogP contribution in [-0.4, -0.2) is 41.0 Å². The number of carbonyl (C=O) groups is 3. The fourth-order valence-electron chi connectivity index (χ4n) is 5.39. The summed E-state index contributed by atoms with van der Waals surface area (Å²) >= 11 is 0. The van der Waals surface area contributed by atoms with Crippen LogP contribution in [0.25, 0.3) is 5.70 Å². The molecule has 2 atom stereocenters. The van der Waals surface area contributed by atoms with Crippen molar-refractivity contribution < 1.29 is 28.3 Å². The number of Topliss-reactive ketones (excluding diaryl/α,β-unsaturated/α-hetero) is 1. The van der Waals surface area contributed by atoms with Crippen LogP contribution in [0.15, 0.2) is 82.8 Å². The van der Waals surface area contributed by atoms with E-state index in [9.17, 15) is 14.4 Å². The van der Waals surface area contributed by atoms with Crippen LogP contribution in [0.2, 0.25) is 0 Å². The Morgan fingerprint density at radius 1 is 1.00 bits per heavy atom. The SMILES string of the molecule is C/C=C(\N=C1C(=O)NC(Cc2ccc(C3=NC(c4ccc(NC(=O)OC(C)(C)C)cc4)ON3)c(F)c2)C1=O)c1ccc(C2CC2)cc1.CC.CC. The zero-order valence-corrected chi connectivity index (χ0v) is 30.6. The molecule has 2 aliphatic heterocycles. The number of nitrogens with zero attached hydrogens (tertiary/aromatic N) is 2. The summed E-state index contributed by atoms with van der Waals surface area (Å²) in [6.07, 6.45) is 2.98. The van der Waals surface area contributed by atoms with E-state index in [1.165, 1.54) is 24.5 Å². The molecule has 2 fully saturated rings. The molecule has 3 N–H and O–H groups in total. The zero-order chi connectivity index (χ0) is 37.3. The lowest BCUT2D eigenvalue weighted by Gasteiger charge is -2.19. The third kappa shape index (κ3) is 9.97. The average Bonchev–Trinajstić information content (AvgIpc) is 3.79. The van der Waals surface area contributed by atoms with E-state index in [2.05, 4.69) is 38.2 Å². The third-order valence-electron chi connectivity index (χ3n) is 7.91. The molecule has 2 amide bonds. The van der Waals surface area contributed by atoms with E-state index in [-0.39, 0.29) is 23.5 Å². The standard InChI is InChI=1S/C36H36FN5O5.2C2H6/c1-5-28(23-11-9-22(10-12-23)21-7-8-21)39-30-31(43)29(40-33(30)44)19-20-6-17-26(27(37)18-20)32-41-34(47-42-32)24-13-15-25(16-14-24)38-35(45)46-36(2,3)4;2*1-2/h5-6,9-18,21,29,34H,7-8,19H2,1-4H3,(H,38,45)(H,40,44)(H,41,42);2*1-2H3/b28-5-,39-30?;;. The quantitative estimate of drug-likeness (QED) is 0.218. The van der Waals surface area contributed by atoms with Crippen molar-refractivity contribution in [1.29, 1.82) is 0 Å². The number of allylic oxidation sites excluding steroid dienone is 1. The van der Waals surface area contributed by atoms with E-state index in [0.717, 1.165) is 5.56 Å². The van der Waals surface area contributed by atoms with Gasteiger partial charge in [-0.2, -0.15) is 0 Å². The molecule has 2 unspecified atom stereocenters. The molecule has 11 heteroatoms. The van der Waals surface area contributed by atoms with Crippen LogP contribution in [-0.2, 0) is 25.6 Å². The van der Waals surface area contributed by atoms with Gasteiger partial charge in [0.15, 0.2) is 11.5 Å². The number of aliphatic imine (C=N–C) groups is 2. The van der Waals surface area contributed by atoms with Crippen molar-refractivity contribution in [2.24, 2.45) is 9.98 Å². The van der Waals surface area contributed by atoms with Gasteiger partial charge in [-0.3, -0.25) is 14.9 Å². The molecule has 3 aromatic carbocycles. The van der Waals surface area contributed by atoms with Crippen LogP contribution in [0, 0.1) is 5.82 Å². The van der Waals surface area contributed by atoms with Gasteiger partial charge < -0.3 is 10.1 Å². The highest BCUT2D eigenvalue weighted by atomic mass is 19.1. The molecular weight excluding hydrogens is 649 g/mol. The predicted molar refractivity (Wildman–Crippen MR) is 199 cm³/mol. The van der Waals surface area contributed by atoms with Crippen molar-refractivity contribution in [2.75, 3.05) is 5.32 Å². The number of ether oxygens (including phenoxy) is 1. The first-order valence-corrected chi connectivity index (χ1v) is 17.6. The Kier molecular flexibility index (Phi) is 13.0. The highest BCUT2D eigenvalue weighted by Gasteiger charge is 2.38. The first-order chi connectivity index (χ1) is 24.5. The van der Waals surface area contributed by atoms with Gasteiger partial charge in [0.1, 0.15) is 11.4 Å². The molecule has 2 heterocycles. The normalized spacial score (nSPS) is 19.2. The Morgan fingerprint density at radius 2 is 1.65 bits per heavy atom. The van der Waals surface area contributed by atoms with E-state index in [0.29, 0.717) is 28.4 Å². The van der Waals surface area contributed by atoms with E-state index in [1.54, 1.807) is 63.2 Å². The van der Waals surface area contributed by atoms with Gasteiger partial charge >= 0.3 is 6.09 Å². The van der Waals surface area contributed by atoms with E-state index < -0.39 is 41.5 Å². The minimum Gasteiger partial charge on any atom is -0.444 e. The van der Waals surface area contributed by atoms with E-state index >= 15 is 4.39 Å². The molecule has 1 aliphatic carbocycles. The first kappa shape index (κ1) is 38.6. The smallest absolute Gasteiger partial charge is 0.412 e. The van der Waals surface area contributed by atoms with Crippen molar-refractivity contribution >= 4 is 40.7 Å². The molecule has 3 aromatic rings. The fraction of sp³-hybridized carbons (Fsp3) is 0.375. The van der Waals surface area contributed by atoms with E-state index in [1.807, 2.05) is 46.8 Å². The number of amidine groups is 1. The molecule has 0 aromatic heterocycles. The number of hydrogen-bond acceptors (Lipinski definition) is 8. The second kappa shape index (κ2) is 17.2. The number of carbonyl (C=O) groups excluding carboxylic acids is 3. The molecule has 3 aliphatic rings. The molecule has 270 valence electrons. The predicted octanol–water partition coefficient (Wildman–Crippen LogP) is 8.19. The maximum Gasteiger partial charge on any atom is 0.412 e. The zero-order valence-electron chi connectivity index (χ0n) is 30.6. The lowest BCUT2D eigenvalue weighted by molar-refractivity contribution is -0.115. The summed E-state index contributed by atoms with van der Waals surface area (Å²) < 4.78 is 20.6. The number of benzene rings is 3. The topological polar surface area (TPSA) is 130 Å². The number of hydrogen-bond donors (Lipinski definition) is 3. The lowest BCUT2D eigenvalue weighted by Crippen LogP contribution is -2.31. The molecule has 51 heavy (non-hydrogen) atoms. The summed E-state index contributed by atoms with van der Waals surface area (Å²) in [5, 5.41) is 5.36. The molecule has 10 nitrogen and oxygen atoms in total. The summed E-state index contributed by atoms with van der Waals surface area (Å²) in [4.78, 5) is 52.5. The Balaban J connectivity index is 0.00000141. The van der Waals surface area contributed by atoms with Gasteiger partial charge in [-0.1, -0.05) is 76.2 Å². The number of nitrogens with one attached hydrogen (secondary N) is 3. The van der Waals surface area contributed by atoms with Crippen LogP contribution in [0.5, 0.6) is 0 Å². The van der Waals surface area contributed by atoms with Gasteiger partial charge in [-0.15, -0.1) is 0 Å². The molecule has 6 rings (SSSR count). The number of ketones is 1. The highest BCUT2D eigenvalue weighted by Crippen LogP contribution is 2.40. The van der Waals surface area contributed by atoms with Crippen LogP contribution >= 0.6 is 0 Å². The second-order valence-corrected chi connectivity index (χ2v) is 12.7. The minimum absolute atomic E-state index is 0.102. The summed E-state index contributed by atoms with van der Waals surface area (Å²) in [5.74, 6) is -0.712. The Bertz CT molecular complexity index is 1810. The van der Waals surface area contributed by atoms with E-state index in [4.69, 9.17) is 9.57 Å². The Hall–Kier alpha value is -5.16. The molecule has 0 bridgehead atoms. The van der Waals surface area contributed by atoms with Crippen molar-refractivity contribution in [1.82, 2.24) is 10.8 Å². The number of hydroxylamine groups is 1. The van der Waals surface area contributed by atoms with Gasteiger partial charge in [-0.05, 0) is 87.4 Å². The van der Waals surface area contributed by atoms with Crippen LogP contribution in [0.4, 0.5) is 14.9 Å². The van der Waals surface area contributed by atoms with Gasteiger partial charge in [0.2, 0.25) is 12.0 Å². The van der Waals surface area contributed by atoms with Crippen molar-refractivity contribution in [3.05, 3.63) is 106 Å².